The molecule has 0 aliphatic carbocycles. The molecule has 5 nitrogen and oxygen atoms in total. The van der Waals surface area contributed by atoms with Crippen molar-refractivity contribution in [2.24, 2.45) is 0 Å². The van der Waals surface area contributed by atoms with E-state index >= 15 is 0 Å². The predicted molar refractivity (Wildman–Crippen MR) is 69.1 cm³/mol. The van der Waals surface area contributed by atoms with E-state index in [0.717, 1.165) is 10.6 Å². The molecule has 0 amide bonds. The van der Waals surface area contributed by atoms with Crippen LogP contribution in [0.1, 0.15) is 22.2 Å². The van der Waals surface area contributed by atoms with Crippen molar-refractivity contribution in [1.29, 1.82) is 0 Å². The van der Waals surface area contributed by atoms with Crippen molar-refractivity contribution in [3.05, 3.63) is 34.4 Å². The summed E-state index contributed by atoms with van der Waals surface area (Å²) in [6.07, 6.45) is 0. The van der Waals surface area contributed by atoms with Gasteiger partial charge < -0.3 is 4.42 Å². The van der Waals surface area contributed by atoms with Gasteiger partial charge in [0.25, 0.3) is 10.0 Å². The Balaban J connectivity index is 2.10. The molecule has 0 radical (unpaired) electrons. The average molecular weight is 286 g/mol. The fraction of sp³-hybridized carbons (Fsp3) is 0.364. The van der Waals surface area contributed by atoms with Gasteiger partial charge in [-0.15, -0.1) is 11.3 Å². The normalized spacial score (nSPS) is 11.9. The topological polar surface area (TPSA) is 72.2 Å². The van der Waals surface area contributed by atoms with E-state index in [0.29, 0.717) is 15.9 Å². The highest BCUT2D eigenvalue weighted by Gasteiger charge is 2.17. The molecule has 2 rings (SSSR count). The Morgan fingerprint density at radius 2 is 2.06 bits per heavy atom. The Labute approximate surface area is 110 Å². The molecular weight excluding hydrogens is 272 g/mol. The molecule has 0 atom stereocenters. The zero-order valence-corrected chi connectivity index (χ0v) is 12.0. The Hall–Kier alpha value is -1.18. The van der Waals surface area contributed by atoms with E-state index in [1.807, 2.05) is 13.8 Å². The highest BCUT2D eigenvalue weighted by atomic mass is 32.2. The lowest BCUT2D eigenvalue weighted by Crippen LogP contribution is -2.22. The summed E-state index contributed by atoms with van der Waals surface area (Å²) in [4.78, 5) is 5.08. The second kappa shape index (κ2) is 4.83. The third-order valence-electron chi connectivity index (χ3n) is 2.47. The number of nitrogens with one attached hydrogen (secondary N) is 1. The Morgan fingerprint density at radius 3 is 2.56 bits per heavy atom. The number of sulfonamides is 1. The van der Waals surface area contributed by atoms with Crippen LogP contribution in [0.5, 0.6) is 0 Å². The molecule has 2 aromatic rings. The highest BCUT2D eigenvalue weighted by molar-refractivity contribution is 7.91. The number of hydrogen-bond donors (Lipinski definition) is 1. The third-order valence-corrected chi connectivity index (χ3v) is 5.36. The fourth-order valence-corrected chi connectivity index (χ4v) is 3.70. The molecule has 0 aliphatic heterocycles. The molecule has 98 valence electrons. The zero-order valence-electron chi connectivity index (χ0n) is 10.4. The summed E-state index contributed by atoms with van der Waals surface area (Å²) in [5.41, 5.74) is 0.774. The average Bonchev–Trinajstić information content (AvgIpc) is 2.85. The molecule has 2 heterocycles. The number of thiophene rings is 1. The fourth-order valence-electron chi connectivity index (χ4n) is 1.40. The van der Waals surface area contributed by atoms with Crippen LogP contribution in [-0.2, 0) is 16.6 Å². The van der Waals surface area contributed by atoms with Crippen molar-refractivity contribution in [3.8, 4) is 0 Å². The first-order valence-electron chi connectivity index (χ1n) is 5.37. The van der Waals surface area contributed by atoms with Crippen LogP contribution in [-0.4, -0.2) is 13.4 Å². The maximum absolute atomic E-state index is 11.9. The molecule has 0 spiro atoms. The van der Waals surface area contributed by atoms with Crippen LogP contribution in [0.3, 0.4) is 0 Å². The van der Waals surface area contributed by atoms with Gasteiger partial charge in [-0.05, 0) is 32.9 Å². The van der Waals surface area contributed by atoms with Crippen LogP contribution < -0.4 is 4.72 Å². The van der Waals surface area contributed by atoms with Crippen molar-refractivity contribution < 1.29 is 12.8 Å². The van der Waals surface area contributed by atoms with Crippen molar-refractivity contribution in [1.82, 2.24) is 9.71 Å². The Morgan fingerprint density at radius 1 is 1.33 bits per heavy atom. The largest absolute Gasteiger partial charge is 0.444 e. The van der Waals surface area contributed by atoms with Crippen LogP contribution in [0.4, 0.5) is 0 Å². The lowest BCUT2D eigenvalue weighted by atomic mass is 10.4. The number of aryl methyl sites for hydroxylation is 3. The van der Waals surface area contributed by atoms with Crippen molar-refractivity contribution >= 4 is 21.4 Å². The SMILES string of the molecule is Cc1ccc(S(=O)(=O)NCc2nc(C)c(C)o2)s1. The van der Waals surface area contributed by atoms with Crippen molar-refractivity contribution in [2.45, 2.75) is 31.5 Å². The molecule has 0 aromatic carbocycles. The molecule has 0 unspecified atom stereocenters. The smallest absolute Gasteiger partial charge is 0.250 e. The molecular formula is C11H14N2O3S2. The van der Waals surface area contributed by atoms with E-state index < -0.39 is 10.0 Å². The quantitative estimate of drug-likeness (QED) is 0.934. The third kappa shape index (κ3) is 2.80. The van der Waals surface area contributed by atoms with E-state index in [9.17, 15) is 8.42 Å². The summed E-state index contributed by atoms with van der Waals surface area (Å²) in [6, 6.07) is 3.37. The van der Waals surface area contributed by atoms with Gasteiger partial charge in [0, 0.05) is 4.88 Å². The number of oxazole rings is 1. The molecule has 18 heavy (non-hydrogen) atoms. The molecule has 0 fully saturated rings. The van der Waals surface area contributed by atoms with Crippen LogP contribution >= 0.6 is 11.3 Å². The van der Waals surface area contributed by atoms with E-state index in [-0.39, 0.29) is 6.54 Å². The Kier molecular flexibility index (Phi) is 3.56. The first-order chi connectivity index (χ1) is 8.38. The number of aromatic nitrogens is 1. The molecule has 0 saturated heterocycles. The number of rotatable bonds is 4. The Bertz CT molecular complexity index is 636. The summed E-state index contributed by atoms with van der Waals surface area (Å²) >= 11 is 1.24. The van der Waals surface area contributed by atoms with Gasteiger partial charge in [-0.25, -0.2) is 18.1 Å². The first-order valence-corrected chi connectivity index (χ1v) is 7.67. The minimum Gasteiger partial charge on any atom is -0.444 e. The van der Waals surface area contributed by atoms with E-state index in [4.69, 9.17) is 4.42 Å². The second-order valence-electron chi connectivity index (χ2n) is 3.94. The van der Waals surface area contributed by atoms with Gasteiger partial charge in [0.05, 0.1) is 12.2 Å². The zero-order chi connectivity index (χ0) is 13.3. The molecule has 0 aliphatic rings. The van der Waals surface area contributed by atoms with Crippen LogP contribution in [0.25, 0.3) is 0 Å². The maximum atomic E-state index is 11.9. The second-order valence-corrected chi connectivity index (χ2v) is 7.22. The summed E-state index contributed by atoms with van der Waals surface area (Å²) in [5.74, 6) is 1.08. The lowest BCUT2D eigenvalue weighted by Gasteiger charge is -2.01. The van der Waals surface area contributed by atoms with Crippen molar-refractivity contribution in [3.63, 3.8) is 0 Å². The molecule has 2 aromatic heterocycles. The van der Waals surface area contributed by atoms with Crippen LogP contribution in [0, 0.1) is 20.8 Å². The summed E-state index contributed by atoms with van der Waals surface area (Å²) in [5, 5.41) is 0. The standard InChI is InChI=1S/C11H14N2O3S2/c1-7-4-5-11(17-7)18(14,15)12-6-10-13-8(2)9(3)16-10/h4-5,12H,6H2,1-3H3. The van der Waals surface area contributed by atoms with E-state index in [2.05, 4.69) is 9.71 Å². The van der Waals surface area contributed by atoms with Crippen LogP contribution in [0.2, 0.25) is 0 Å². The minimum atomic E-state index is -3.47. The minimum absolute atomic E-state index is 0.0635. The van der Waals surface area contributed by atoms with Gasteiger partial charge in [-0.3, -0.25) is 0 Å². The van der Waals surface area contributed by atoms with Crippen molar-refractivity contribution in [2.75, 3.05) is 0 Å². The van der Waals surface area contributed by atoms with Gasteiger partial charge in [0.1, 0.15) is 9.97 Å². The maximum Gasteiger partial charge on any atom is 0.250 e. The predicted octanol–water partition coefficient (Wildman–Crippen LogP) is 2.14. The summed E-state index contributed by atoms with van der Waals surface area (Å²) in [7, 11) is -3.47. The summed E-state index contributed by atoms with van der Waals surface area (Å²) in [6.45, 7) is 5.54. The molecule has 0 saturated carbocycles. The molecule has 7 heteroatoms. The molecule has 0 bridgehead atoms. The van der Waals surface area contributed by atoms with Gasteiger partial charge >= 0.3 is 0 Å². The molecule has 1 N–H and O–H groups in total. The van der Waals surface area contributed by atoms with Gasteiger partial charge in [-0.1, -0.05) is 0 Å². The van der Waals surface area contributed by atoms with Gasteiger partial charge in [0.2, 0.25) is 5.89 Å². The number of hydrogen-bond acceptors (Lipinski definition) is 5. The number of nitrogens with zero attached hydrogens (tertiary/aromatic N) is 1. The monoisotopic (exact) mass is 286 g/mol. The summed E-state index contributed by atoms with van der Waals surface area (Å²) < 4.78 is 32.0. The van der Waals surface area contributed by atoms with E-state index in [1.165, 1.54) is 11.3 Å². The highest BCUT2D eigenvalue weighted by Crippen LogP contribution is 2.20. The van der Waals surface area contributed by atoms with Gasteiger partial charge in [0.15, 0.2) is 0 Å². The van der Waals surface area contributed by atoms with Gasteiger partial charge in [-0.2, -0.15) is 0 Å². The lowest BCUT2D eigenvalue weighted by molar-refractivity contribution is 0.463. The van der Waals surface area contributed by atoms with E-state index in [1.54, 1.807) is 19.1 Å². The first kappa shape index (κ1) is 13.3. The van der Waals surface area contributed by atoms with Crippen LogP contribution in [0.15, 0.2) is 20.8 Å².